The number of hydrogen-bond donors (Lipinski definition) is 0. The molecule has 2 aliphatic heterocycles. The Kier molecular flexibility index (Phi) is 4.12. The van der Waals surface area contributed by atoms with Crippen molar-refractivity contribution >= 4 is 11.9 Å². The lowest BCUT2D eigenvalue weighted by Crippen LogP contribution is -2.56. The predicted molar refractivity (Wildman–Crippen MR) is 53.3 cm³/mol. The van der Waals surface area contributed by atoms with Crippen LogP contribution in [0.2, 0.25) is 0 Å². The topological polar surface area (TPSA) is 89.5 Å². The van der Waals surface area contributed by atoms with Crippen LogP contribution in [0.3, 0.4) is 0 Å². The van der Waals surface area contributed by atoms with Gasteiger partial charge < -0.3 is 28.4 Å². The van der Waals surface area contributed by atoms with E-state index in [1.165, 1.54) is 14.2 Å². The van der Waals surface area contributed by atoms with E-state index in [1.807, 2.05) is 0 Å². The van der Waals surface area contributed by atoms with Crippen molar-refractivity contribution in [1.82, 2.24) is 0 Å². The number of rotatable bonds is 2. The molecular formula is C10H14O8. The first-order valence-corrected chi connectivity index (χ1v) is 5.35. The number of methoxy groups -OCH3 is 2. The van der Waals surface area contributed by atoms with E-state index < -0.39 is 36.7 Å². The molecular weight excluding hydrogens is 248 g/mol. The molecule has 0 N–H and O–H groups in total. The SMILES string of the molecule is COC(=O)[C@@H]1OC[C@H]2O[C@H](C(=O)OC)OC[C@H]2O1. The van der Waals surface area contributed by atoms with Crippen molar-refractivity contribution in [2.45, 2.75) is 24.8 Å². The van der Waals surface area contributed by atoms with Crippen LogP contribution in [-0.4, -0.2) is 64.2 Å². The van der Waals surface area contributed by atoms with E-state index in [1.54, 1.807) is 0 Å². The Bertz CT molecular complexity index is 298. The molecule has 0 aromatic rings. The fourth-order valence-corrected chi connectivity index (χ4v) is 1.67. The summed E-state index contributed by atoms with van der Waals surface area (Å²) in [6, 6.07) is 0. The first kappa shape index (κ1) is 13.2. The Hall–Kier alpha value is -1.22. The maximum Gasteiger partial charge on any atom is 0.363 e. The molecule has 18 heavy (non-hydrogen) atoms. The van der Waals surface area contributed by atoms with Crippen LogP contribution in [0.1, 0.15) is 0 Å². The molecule has 4 atom stereocenters. The molecule has 0 aliphatic carbocycles. The highest BCUT2D eigenvalue weighted by Crippen LogP contribution is 2.23. The van der Waals surface area contributed by atoms with Crippen molar-refractivity contribution in [3.63, 3.8) is 0 Å². The van der Waals surface area contributed by atoms with Crippen LogP contribution in [0.15, 0.2) is 0 Å². The van der Waals surface area contributed by atoms with Gasteiger partial charge in [0.25, 0.3) is 12.6 Å². The highest BCUT2D eigenvalue weighted by molar-refractivity contribution is 5.73. The number of carbonyl (C=O) groups excluding carboxylic acids is 2. The van der Waals surface area contributed by atoms with E-state index in [0.29, 0.717) is 0 Å². The van der Waals surface area contributed by atoms with Gasteiger partial charge in [0.2, 0.25) is 0 Å². The Morgan fingerprint density at radius 1 is 0.889 bits per heavy atom. The molecule has 2 fully saturated rings. The molecule has 0 spiro atoms. The predicted octanol–water partition coefficient (Wildman–Crippen LogP) is -1.18. The van der Waals surface area contributed by atoms with Crippen molar-refractivity contribution in [1.29, 1.82) is 0 Å². The molecule has 8 heteroatoms. The molecule has 0 unspecified atom stereocenters. The smallest absolute Gasteiger partial charge is 0.363 e. The fourth-order valence-electron chi connectivity index (χ4n) is 1.67. The summed E-state index contributed by atoms with van der Waals surface area (Å²) >= 11 is 0. The second kappa shape index (κ2) is 5.61. The quantitative estimate of drug-likeness (QED) is 0.574. The normalized spacial score (nSPS) is 35.4. The van der Waals surface area contributed by atoms with Crippen molar-refractivity contribution in [2.75, 3.05) is 27.4 Å². The average Bonchev–Trinajstić information content (AvgIpc) is 2.44. The zero-order valence-corrected chi connectivity index (χ0v) is 9.99. The third-order valence-corrected chi connectivity index (χ3v) is 2.62. The van der Waals surface area contributed by atoms with E-state index in [-0.39, 0.29) is 13.2 Å². The lowest BCUT2D eigenvalue weighted by Gasteiger charge is -2.39. The molecule has 0 aromatic heterocycles. The second-order valence-electron chi connectivity index (χ2n) is 3.73. The Labute approximate surface area is 103 Å². The van der Waals surface area contributed by atoms with Gasteiger partial charge in [-0.15, -0.1) is 0 Å². The highest BCUT2D eigenvalue weighted by atomic mass is 16.8. The minimum Gasteiger partial charge on any atom is -0.465 e. The molecule has 2 heterocycles. The molecule has 0 amide bonds. The summed E-state index contributed by atoms with van der Waals surface area (Å²) in [4.78, 5) is 22.5. The molecule has 0 radical (unpaired) electrons. The zero-order chi connectivity index (χ0) is 13.1. The average molecular weight is 262 g/mol. The lowest BCUT2D eigenvalue weighted by atomic mass is 10.2. The third kappa shape index (κ3) is 2.61. The van der Waals surface area contributed by atoms with Crippen LogP contribution in [0, 0.1) is 0 Å². The highest BCUT2D eigenvalue weighted by Gasteiger charge is 2.43. The summed E-state index contributed by atoms with van der Waals surface area (Å²) in [5.41, 5.74) is 0. The van der Waals surface area contributed by atoms with Gasteiger partial charge in [-0.05, 0) is 0 Å². The third-order valence-electron chi connectivity index (χ3n) is 2.62. The number of carbonyl (C=O) groups is 2. The van der Waals surface area contributed by atoms with E-state index >= 15 is 0 Å². The van der Waals surface area contributed by atoms with Crippen molar-refractivity contribution in [3.8, 4) is 0 Å². The lowest BCUT2D eigenvalue weighted by molar-refractivity contribution is -0.327. The van der Waals surface area contributed by atoms with Crippen molar-refractivity contribution < 1.29 is 38.0 Å². The Balaban J connectivity index is 1.91. The van der Waals surface area contributed by atoms with Crippen LogP contribution in [-0.2, 0) is 38.0 Å². The summed E-state index contributed by atoms with van der Waals surface area (Å²) in [7, 11) is 2.48. The summed E-state index contributed by atoms with van der Waals surface area (Å²) in [6.07, 6.45) is -3.14. The van der Waals surface area contributed by atoms with Gasteiger partial charge in [0, 0.05) is 0 Å². The summed E-state index contributed by atoms with van der Waals surface area (Å²) in [6.45, 7) is 0.225. The van der Waals surface area contributed by atoms with Crippen LogP contribution in [0.25, 0.3) is 0 Å². The van der Waals surface area contributed by atoms with Crippen LogP contribution >= 0.6 is 0 Å². The molecule has 2 aliphatic rings. The molecule has 0 bridgehead atoms. The second-order valence-corrected chi connectivity index (χ2v) is 3.73. The van der Waals surface area contributed by atoms with E-state index in [9.17, 15) is 9.59 Å². The Morgan fingerprint density at radius 2 is 1.28 bits per heavy atom. The van der Waals surface area contributed by atoms with Gasteiger partial charge in [0.15, 0.2) is 0 Å². The molecule has 0 saturated carbocycles. The van der Waals surface area contributed by atoms with Crippen LogP contribution < -0.4 is 0 Å². The number of ether oxygens (including phenoxy) is 6. The van der Waals surface area contributed by atoms with Gasteiger partial charge in [0.05, 0.1) is 27.4 Å². The van der Waals surface area contributed by atoms with E-state index in [2.05, 4.69) is 9.47 Å². The first-order chi connectivity index (χ1) is 8.65. The maximum atomic E-state index is 11.2. The minimum absolute atomic E-state index is 0.112. The van der Waals surface area contributed by atoms with Crippen molar-refractivity contribution in [2.24, 2.45) is 0 Å². The molecule has 8 nitrogen and oxygen atoms in total. The van der Waals surface area contributed by atoms with Gasteiger partial charge in [-0.2, -0.15) is 0 Å². The summed E-state index contributed by atoms with van der Waals surface area (Å²) in [5, 5.41) is 0. The van der Waals surface area contributed by atoms with Gasteiger partial charge in [-0.25, -0.2) is 9.59 Å². The largest absolute Gasteiger partial charge is 0.465 e. The number of hydrogen-bond acceptors (Lipinski definition) is 8. The van der Waals surface area contributed by atoms with Crippen molar-refractivity contribution in [3.05, 3.63) is 0 Å². The zero-order valence-electron chi connectivity index (χ0n) is 9.99. The fraction of sp³-hybridized carbons (Fsp3) is 0.800. The number of esters is 2. The maximum absolute atomic E-state index is 11.2. The van der Waals surface area contributed by atoms with Gasteiger partial charge >= 0.3 is 11.9 Å². The molecule has 102 valence electrons. The molecule has 0 aromatic carbocycles. The van der Waals surface area contributed by atoms with Gasteiger partial charge in [-0.3, -0.25) is 0 Å². The summed E-state index contributed by atoms with van der Waals surface area (Å²) < 4.78 is 29.9. The van der Waals surface area contributed by atoms with E-state index in [0.717, 1.165) is 0 Å². The van der Waals surface area contributed by atoms with Gasteiger partial charge in [0.1, 0.15) is 12.2 Å². The van der Waals surface area contributed by atoms with Gasteiger partial charge in [-0.1, -0.05) is 0 Å². The molecule has 2 rings (SSSR count). The monoisotopic (exact) mass is 262 g/mol. The van der Waals surface area contributed by atoms with Crippen LogP contribution in [0.4, 0.5) is 0 Å². The number of fused-ring (bicyclic) bond motifs is 1. The van der Waals surface area contributed by atoms with Crippen LogP contribution in [0.5, 0.6) is 0 Å². The first-order valence-electron chi connectivity index (χ1n) is 5.35. The molecule has 2 saturated heterocycles. The van der Waals surface area contributed by atoms with E-state index in [4.69, 9.17) is 18.9 Å². The summed E-state index contributed by atoms with van der Waals surface area (Å²) in [5.74, 6) is -1.24. The standard InChI is InChI=1S/C10H14O8/c1-13-7(11)9-15-3-6-5(17-9)4-16-10(18-6)8(12)14-2/h5-6,9-10H,3-4H2,1-2H3/t5-,6-,9-,10-/m1/s1. The minimum atomic E-state index is -1.09. The Morgan fingerprint density at radius 3 is 1.61 bits per heavy atom.